The van der Waals surface area contributed by atoms with E-state index in [9.17, 15) is 4.79 Å². The summed E-state index contributed by atoms with van der Waals surface area (Å²) in [6.45, 7) is 2.07. The normalized spacial score (nSPS) is 10.6. The quantitative estimate of drug-likeness (QED) is 0.548. The fourth-order valence-electron chi connectivity index (χ4n) is 2.08. The van der Waals surface area contributed by atoms with Gasteiger partial charge >= 0.3 is 0 Å². The van der Waals surface area contributed by atoms with E-state index in [4.69, 9.17) is 0 Å². The molecule has 0 aliphatic carbocycles. The van der Waals surface area contributed by atoms with Crippen LogP contribution in [0.15, 0.2) is 65.1 Å². The molecule has 1 aromatic heterocycles. The third-order valence-corrected chi connectivity index (χ3v) is 4.93. The Morgan fingerprint density at radius 1 is 0.905 bits per heavy atom. The highest BCUT2D eigenvalue weighted by Crippen LogP contribution is 2.29. The van der Waals surface area contributed by atoms with Gasteiger partial charge in [-0.1, -0.05) is 45.8 Å². The third kappa shape index (κ3) is 3.14. The number of aryl methyl sites for hydroxylation is 1. The first-order valence-electron chi connectivity index (χ1n) is 6.60. The second-order valence-corrected chi connectivity index (χ2v) is 6.87. The van der Waals surface area contributed by atoms with E-state index in [0.29, 0.717) is 0 Å². The highest BCUT2D eigenvalue weighted by atomic mass is 79.9. The number of hydrogen-bond acceptors (Lipinski definition) is 2. The van der Waals surface area contributed by atoms with Crippen molar-refractivity contribution in [2.75, 3.05) is 0 Å². The van der Waals surface area contributed by atoms with Gasteiger partial charge in [0.05, 0.1) is 4.88 Å². The van der Waals surface area contributed by atoms with Gasteiger partial charge in [0.25, 0.3) is 0 Å². The van der Waals surface area contributed by atoms with Crippen molar-refractivity contribution in [3.05, 3.63) is 81.1 Å². The molecule has 2 aromatic carbocycles. The standard InChI is InChI=1S/C18H13BrOS/c1-12-2-4-13(5-3-12)16-10-11-17(21-16)18(20)14-6-8-15(19)9-7-14/h2-11H,1H3. The van der Waals surface area contributed by atoms with Crippen LogP contribution >= 0.6 is 27.3 Å². The lowest BCUT2D eigenvalue weighted by atomic mass is 10.1. The number of benzene rings is 2. The molecule has 0 atom stereocenters. The molecule has 0 N–H and O–H groups in total. The van der Waals surface area contributed by atoms with Crippen LogP contribution in [0.2, 0.25) is 0 Å². The summed E-state index contributed by atoms with van der Waals surface area (Å²) in [6, 6.07) is 19.8. The Bertz CT molecular complexity index is 770. The largest absolute Gasteiger partial charge is 0.288 e. The molecule has 104 valence electrons. The number of carbonyl (C=O) groups excluding carboxylic acids is 1. The van der Waals surface area contributed by atoms with Crippen molar-refractivity contribution < 1.29 is 4.79 Å². The maximum absolute atomic E-state index is 12.5. The van der Waals surface area contributed by atoms with Gasteiger partial charge in [-0.15, -0.1) is 11.3 Å². The maximum Gasteiger partial charge on any atom is 0.202 e. The Hall–Kier alpha value is -1.71. The van der Waals surface area contributed by atoms with Crippen molar-refractivity contribution in [2.24, 2.45) is 0 Å². The Kier molecular flexibility index (Phi) is 4.04. The lowest BCUT2D eigenvalue weighted by Crippen LogP contribution is -1.97. The predicted octanol–water partition coefficient (Wildman–Crippen LogP) is 5.72. The number of ketones is 1. The molecular formula is C18H13BrOS. The van der Waals surface area contributed by atoms with Crippen molar-refractivity contribution in [3.63, 3.8) is 0 Å². The van der Waals surface area contributed by atoms with Crippen LogP contribution in [0.4, 0.5) is 0 Å². The Labute approximate surface area is 136 Å². The van der Waals surface area contributed by atoms with Gasteiger partial charge in [0.2, 0.25) is 5.78 Å². The molecule has 1 nitrogen and oxygen atoms in total. The minimum atomic E-state index is 0.0749. The minimum Gasteiger partial charge on any atom is -0.288 e. The van der Waals surface area contributed by atoms with Crippen molar-refractivity contribution in [1.29, 1.82) is 0 Å². The molecule has 0 fully saturated rings. The summed E-state index contributed by atoms with van der Waals surface area (Å²) >= 11 is 4.92. The van der Waals surface area contributed by atoms with Crippen molar-refractivity contribution in [1.82, 2.24) is 0 Å². The fourth-order valence-corrected chi connectivity index (χ4v) is 3.31. The zero-order chi connectivity index (χ0) is 14.8. The zero-order valence-corrected chi connectivity index (χ0v) is 13.9. The van der Waals surface area contributed by atoms with E-state index in [-0.39, 0.29) is 5.78 Å². The average Bonchev–Trinajstić information content (AvgIpc) is 2.98. The van der Waals surface area contributed by atoms with Crippen LogP contribution in [0.3, 0.4) is 0 Å². The second-order valence-electron chi connectivity index (χ2n) is 4.87. The molecule has 0 amide bonds. The van der Waals surface area contributed by atoms with E-state index < -0.39 is 0 Å². The number of rotatable bonds is 3. The van der Waals surface area contributed by atoms with E-state index >= 15 is 0 Å². The lowest BCUT2D eigenvalue weighted by molar-refractivity contribution is 0.104. The van der Waals surface area contributed by atoms with Crippen LogP contribution in [-0.2, 0) is 0 Å². The molecule has 0 unspecified atom stereocenters. The van der Waals surface area contributed by atoms with E-state index in [1.807, 2.05) is 36.4 Å². The van der Waals surface area contributed by atoms with E-state index in [0.717, 1.165) is 25.4 Å². The van der Waals surface area contributed by atoms with Gasteiger partial charge in [-0.2, -0.15) is 0 Å². The molecule has 0 spiro atoms. The van der Waals surface area contributed by atoms with Crippen LogP contribution in [0, 0.1) is 6.92 Å². The zero-order valence-electron chi connectivity index (χ0n) is 11.5. The highest BCUT2D eigenvalue weighted by molar-refractivity contribution is 9.10. The predicted molar refractivity (Wildman–Crippen MR) is 92.1 cm³/mol. The SMILES string of the molecule is Cc1ccc(-c2ccc(C(=O)c3ccc(Br)cc3)s2)cc1. The molecule has 0 saturated heterocycles. The number of thiophene rings is 1. The van der Waals surface area contributed by atoms with Gasteiger partial charge in [0.15, 0.2) is 0 Å². The van der Waals surface area contributed by atoms with Crippen LogP contribution < -0.4 is 0 Å². The molecule has 21 heavy (non-hydrogen) atoms. The number of halogens is 1. The van der Waals surface area contributed by atoms with Crippen LogP contribution in [0.5, 0.6) is 0 Å². The molecular weight excluding hydrogens is 344 g/mol. The minimum absolute atomic E-state index is 0.0749. The molecule has 0 aliphatic rings. The second kappa shape index (κ2) is 5.96. The summed E-state index contributed by atoms with van der Waals surface area (Å²) in [6.07, 6.45) is 0. The first kappa shape index (κ1) is 14.2. The highest BCUT2D eigenvalue weighted by Gasteiger charge is 2.12. The van der Waals surface area contributed by atoms with E-state index in [2.05, 4.69) is 47.1 Å². The summed E-state index contributed by atoms with van der Waals surface area (Å²) in [7, 11) is 0. The van der Waals surface area contributed by atoms with Crippen molar-refractivity contribution in [2.45, 2.75) is 6.92 Å². The van der Waals surface area contributed by atoms with Gasteiger partial charge in [-0.05, 0) is 48.9 Å². The Morgan fingerprint density at radius 2 is 1.57 bits per heavy atom. The summed E-state index contributed by atoms with van der Waals surface area (Å²) in [5.74, 6) is 0.0749. The van der Waals surface area contributed by atoms with Gasteiger partial charge in [0, 0.05) is 14.9 Å². The smallest absolute Gasteiger partial charge is 0.202 e. The molecule has 3 aromatic rings. The molecule has 0 bridgehead atoms. The summed E-state index contributed by atoms with van der Waals surface area (Å²) < 4.78 is 0.977. The number of hydrogen-bond donors (Lipinski definition) is 0. The number of carbonyl (C=O) groups is 1. The lowest BCUT2D eigenvalue weighted by Gasteiger charge is -1.99. The first-order valence-corrected chi connectivity index (χ1v) is 8.21. The van der Waals surface area contributed by atoms with Crippen LogP contribution in [0.1, 0.15) is 20.8 Å². The van der Waals surface area contributed by atoms with Crippen molar-refractivity contribution in [3.8, 4) is 10.4 Å². The topological polar surface area (TPSA) is 17.1 Å². The molecule has 0 saturated carbocycles. The van der Waals surface area contributed by atoms with Crippen LogP contribution in [-0.4, -0.2) is 5.78 Å². The monoisotopic (exact) mass is 356 g/mol. The average molecular weight is 357 g/mol. The van der Waals surface area contributed by atoms with Gasteiger partial charge < -0.3 is 0 Å². The van der Waals surface area contributed by atoms with Gasteiger partial charge in [-0.3, -0.25) is 4.79 Å². The molecule has 0 aliphatic heterocycles. The van der Waals surface area contributed by atoms with Crippen molar-refractivity contribution >= 4 is 33.0 Å². The molecule has 1 heterocycles. The molecule has 3 rings (SSSR count). The van der Waals surface area contributed by atoms with Crippen LogP contribution in [0.25, 0.3) is 10.4 Å². The summed E-state index contributed by atoms with van der Waals surface area (Å²) in [5.41, 5.74) is 3.11. The molecule has 3 heteroatoms. The Morgan fingerprint density at radius 3 is 2.24 bits per heavy atom. The summed E-state index contributed by atoms with van der Waals surface area (Å²) in [4.78, 5) is 14.3. The van der Waals surface area contributed by atoms with E-state index in [1.54, 1.807) is 0 Å². The maximum atomic E-state index is 12.5. The summed E-state index contributed by atoms with van der Waals surface area (Å²) in [5, 5.41) is 0. The third-order valence-electron chi connectivity index (χ3n) is 3.27. The fraction of sp³-hybridized carbons (Fsp3) is 0.0556. The van der Waals surface area contributed by atoms with E-state index in [1.165, 1.54) is 16.9 Å². The molecule has 0 radical (unpaired) electrons. The van der Waals surface area contributed by atoms with Gasteiger partial charge in [-0.25, -0.2) is 0 Å². The van der Waals surface area contributed by atoms with Gasteiger partial charge in [0.1, 0.15) is 0 Å². The first-order chi connectivity index (χ1) is 10.1. The Balaban J connectivity index is 1.89.